The summed E-state index contributed by atoms with van der Waals surface area (Å²) >= 11 is 0. The minimum atomic E-state index is 1.11. The SMILES string of the molecule is [CH2]CCCCCCCCCC/C=C/CCCCCCCCCCC[CH2]. The first-order valence-corrected chi connectivity index (χ1v) is 11.6. The van der Waals surface area contributed by atoms with Crippen molar-refractivity contribution in [2.45, 2.75) is 135 Å². The molecule has 0 bridgehead atoms. The largest absolute Gasteiger partial charge is 0.0885 e. The Morgan fingerprint density at radius 3 is 0.840 bits per heavy atom. The van der Waals surface area contributed by atoms with E-state index in [-0.39, 0.29) is 0 Å². The summed E-state index contributed by atoms with van der Waals surface area (Å²) in [5, 5.41) is 0. The third-order valence-corrected chi connectivity index (χ3v) is 5.16. The van der Waals surface area contributed by atoms with Crippen molar-refractivity contribution in [1.29, 1.82) is 0 Å². The average Bonchev–Trinajstić information content (AvgIpc) is 2.63. The normalized spacial score (nSPS) is 11.6. The third-order valence-electron chi connectivity index (χ3n) is 5.16. The van der Waals surface area contributed by atoms with E-state index < -0.39 is 0 Å². The molecule has 0 heterocycles. The van der Waals surface area contributed by atoms with Gasteiger partial charge in [0.25, 0.3) is 0 Å². The van der Waals surface area contributed by atoms with Crippen molar-refractivity contribution in [2.75, 3.05) is 0 Å². The minimum absolute atomic E-state index is 1.11. The Morgan fingerprint density at radius 2 is 0.560 bits per heavy atom. The van der Waals surface area contributed by atoms with Crippen LogP contribution in [0.5, 0.6) is 0 Å². The average molecular weight is 349 g/mol. The van der Waals surface area contributed by atoms with E-state index in [1.807, 2.05) is 0 Å². The van der Waals surface area contributed by atoms with Gasteiger partial charge in [-0.15, -0.1) is 0 Å². The molecule has 0 aliphatic rings. The molecule has 148 valence electrons. The van der Waals surface area contributed by atoms with Crippen LogP contribution in [-0.2, 0) is 0 Å². The second kappa shape index (κ2) is 23.7. The predicted octanol–water partition coefficient (Wildman–Crippen LogP) is 9.40. The van der Waals surface area contributed by atoms with Crippen molar-refractivity contribution in [3.05, 3.63) is 26.0 Å². The molecule has 0 aromatic carbocycles. The second-order valence-corrected chi connectivity index (χ2v) is 7.77. The summed E-state index contributed by atoms with van der Waals surface area (Å²) in [5.41, 5.74) is 0. The molecule has 0 saturated heterocycles. The first kappa shape index (κ1) is 24.7. The van der Waals surface area contributed by atoms with Gasteiger partial charge in [-0.05, 0) is 25.7 Å². The van der Waals surface area contributed by atoms with Crippen LogP contribution in [0.3, 0.4) is 0 Å². The monoisotopic (exact) mass is 348 g/mol. The van der Waals surface area contributed by atoms with Gasteiger partial charge in [-0.25, -0.2) is 0 Å². The van der Waals surface area contributed by atoms with Crippen LogP contribution in [0.15, 0.2) is 12.2 Å². The lowest BCUT2D eigenvalue weighted by Gasteiger charge is -2.01. The highest BCUT2D eigenvalue weighted by Gasteiger charge is 1.93. The van der Waals surface area contributed by atoms with Crippen LogP contribution in [-0.4, -0.2) is 0 Å². The van der Waals surface area contributed by atoms with Crippen LogP contribution in [0.25, 0.3) is 0 Å². The fourth-order valence-electron chi connectivity index (χ4n) is 3.41. The molecule has 0 amide bonds. The summed E-state index contributed by atoms with van der Waals surface area (Å²) < 4.78 is 0. The standard InChI is InChI=1S/C25H48/c1-3-5-7-9-11-13-15-17-19-21-23-25-24-22-20-18-16-14-12-10-8-6-4-2/h23,25H,1-22,24H2/b25-23+. The summed E-state index contributed by atoms with van der Waals surface area (Å²) in [4.78, 5) is 0. The first-order valence-electron chi connectivity index (χ1n) is 11.6. The number of unbranched alkanes of at least 4 members (excludes halogenated alkanes) is 19. The van der Waals surface area contributed by atoms with Crippen LogP contribution < -0.4 is 0 Å². The summed E-state index contributed by atoms with van der Waals surface area (Å²) in [6.07, 6.45) is 33.7. The zero-order valence-corrected chi connectivity index (χ0v) is 17.4. The van der Waals surface area contributed by atoms with Gasteiger partial charge in [-0.1, -0.05) is 135 Å². The molecule has 0 fully saturated rings. The molecule has 0 aliphatic heterocycles. The van der Waals surface area contributed by atoms with E-state index in [1.54, 1.807) is 0 Å². The molecule has 0 saturated carbocycles. The van der Waals surface area contributed by atoms with E-state index in [2.05, 4.69) is 26.0 Å². The van der Waals surface area contributed by atoms with E-state index in [9.17, 15) is 0 Å². The maximum atomic E-state index is 3.90. The highest BCUT2D eigenvalue weighted by molar-refractivity contribution is 4.81. The molecule has 0 aromatic heterocycles. The molecular weight excluding hydrogens is 300 g/mol. The molecule has 0 N–H and O–H groups in total. The topological polar surface area (TPSA) is 0 Å². The molecule has 0 atom stereocenters. The summed E-state index contributed by atoms with van der Waals surface area (Å²) in [6, 6.07) is 0. The number of hydrogen-bond acceptors (Lipinski definition) is 0. The minimum Gasteiger partial charge on any atom is -0.0885 e. The van der Waals surface area contributed by atoms with Crippen LogP contribution in [0.1, 0.15) is 135 Å². The number of rotatable bonds is 21. The van der Waals surface area contributed by atoms with Gasteiger partial charge in [-0.3, -0.25) is 0 Å². The zero-order valence-electron chi connectivity index (χ0n) is 17.4. The van der Waals surface area contributed by atoms with Crippen molar-refractivity contribution in [1.82, 2.24) is 0 Å². The van der Waals surface area contributed by atoms with Gasteiger partial charge >= 0.3 is 0 Å². The fourth-order valence-corrected chi connectivity index (χ4v) is 3.41. The Bertz CT molecular complexity index is 240. The lowest BCUT2D eigenvalue weighted by Crippen LogP contribution is -1.82. The zero-order chi connectivity index (χ0) is 18.3. The molecule has 0 unspecified atom stereocenters. The first-order chi connectivity index (χ1) is 12.4. The van der Waals surface area contributed by atoms with E-state index >= 15 is 0 Å². The van der Waals surface area contributed by atoms with Crippen LogP contribution in [0.2, 0.25) is 0 Å². The van der Waals surface area contributed by atoms with E-state index in [1.165, 1.54) is 122 Å². The Labute approximate surface area is 161 Å². The van der Waals surface area contributed by atoms with Gasteiger partial charge in [-0.2, -0.15) is 0 Å². The van der Waals surface area contributed by atoms with Gasteiger partial charge in [0.05, 0.1) is 0 Å². The molecule has 0 spiro atoms. The maximum Gasteiger partial charge on any atom is -0.0351 e. The molecule has 2 radical (unpaired) electrons. The van der Waals surface area contributed by atoms with E-state index in [4.69, 9.17) is 0 Å². The Kier molecular flexibility index (Phi) is 23.5. The molecular formula is C25H48. The number of hydrogen-bond donors (Lipinski definition) is 0. The smallest absolute Gasteiger partial charge is 0.0351 e. The van der Waals surface area contributed by atoms with Gasteiger partial charge < -0.3 is 0 Å². The van der Waals surface area contributed by atoms with Crippen LogP contribution >= 0.6 is 0 Å². The van der Waals surface area contributed by atoms with Crippen molar-refractivity contribution < 1.29 is 0 Å². The molecule has 0 nitrogen and oxygen atoms in total. The quantitative estimate of drug-likeness (QED) is 0.143. The van der Waals surface area contributed by atoms with E-state index in [0.717, 1.165) is 12.8 Å². The van der Waals surface area contributed by atoms with Crippen molar-refractivity contribution in [2.24, 2.45) is 0 Å². The van der Waals surface area contributed by atoms with Crippen molar-refractivity contribution in [3.8, 4) is 0 Å². The van der Waals surface area contributed by atoms with Gasteiger partial charge in [0.2, 0.25) is 0 Å². The van der Waals surface area contributed by atoms with Crippen molar-refractivity contribution >= 4 is 0 Å². The van der Waals surface area contributed by atoms with Crippen molar-refractivity contribution in [3.63, 3.8) is 0 Å². The lowest BCUT2D eigenvalue weighted by molar-refractivity contribution is 0.560. The molecule has 0 rings (SSSR count). The van der Waals surface area contributed by atoms with Gasteiger partial charge in [0.1, 0.15) is 0 Å². The maximum absolute atomic E-state index is 3.90. The summed E-state index contributed by atoms with van der Waals surface area (Å²) in [5.74, 6) is 0. The lowest BCUT2D eigenvalue weighted by atomic mass is 10.1. The summed E-state index contributed by atoms with van der Waals surface area (Å²) in [7, 11) is 0. The highest BCUT2D eigenvalue weighted by atomic mass is 14.0. The number of allylic oxidation sites excluding steroid dienone is 2. The van der Waals surface area contributed by atoms with Crippen LogP contribution in [0.4, 0.5) is 0 Å². The molecule has 0 heteroatoms. The predicted molar refractivity (Wildman–Crippen MR) is 117 cm³/mol. The Hall–Kier alpha value is -0.260. The molecule has 0 aliphatic carbocycles. The summed E-state index contributed by atoms with van der Waals surface area (Å²) in [6.45, 7) is 7.80. The van der Waals surface area contributed by atoms with Crippen LogP contribution in [0, 0.1) is 13.8 Å². The molecule has 0 aromatic rings. The second-order valence-electron chi connectivity index (χ2n) is 7.77. The fraction of sp³-hybridized carbons (Fsp3) is 0.840. The highest BCUT2D eigenvalue weighted by Crippen LogP contribution is 2.12. The Morgan fingerprint density at radius 1 is 0.320 bits per heavy atom. The third kappa shape index (κ3) is 23.7. The Balaban J connectivity index is 3.04. The van der Waals surface area contributed by atoms with Gasteiger partial charge in [0, 0.05) is 0 Å². The van der Waals surface area contributed by atoms with E-state index in [0.29, 0.717) is 0 Å². The van der Waals surface area contributed by atoms with Gasteiger partial charge in [0.15, 0.2) is 0 Å². The molecule has 25 heavy (non-hydrogen) atoms.